The quantitative estimate of drug-likeness (QED) is 0.0840. The van der Waals surface area contributed by atoms with Crippen LogP contribution < -0.4 is 4.74 Å². The summed E-state index contributed by atoms with van der Waals surface area (Å²) in [7, 11) is 3.17. The molecule has 1 aliphatic rings. The number of methoxy groups -OCH3 is 2. The van der Waals surface area contributed by atoms with Crippen molar-refractivity contribution in [3.05, 3.63) is 39.5 Å². The van der Waals surface area contributed by atoms with E-state index < -0.39 is 24.2 Å². The van der Waals surface area contributed by atoms with Crippen molar-refractivity contribution in [2.75, 3.05) is 14.2 Å². The molecule has 0 aromatic heterocycles. The molecule has 228 valence electrons. The van der Waals surface area contributed by atoms with Crippen molar-refractivity contribution in [3.63, 3.8) is 0 Å². The van der Waals surface area contributed by atoms with E-state index in [4.69, 9.17) is 23.7 Å². The summed E-state index contributed by atoms with van der Waals surface area (Å²) in [5.74, 6) is -0.0102. The van der Waals surface area contributed by atoms with E-state index in [0.29, 0.717) is 6.61 Å². The molecular weight excluding hydrogens is 611 g/mol. The van der Waals surface area contributed by atoms with Crippen LogP contribution in [0.2, 0.25) is 13.3 Å². The van der Waals surface area contributed by atoms with Crippen molar-refractivity contribution in [1.82, 2.24) is 0 Å². The first-order valence-electron chi connectivity index (χ1n) is 15.5. The Bertz CT molecular complexity index is 875. The first kappa shape index (κ1) is 35.1. The van der Waals surface area contributed by atoms with Crippen molar-refractivity contribution in [2.45, 2.75) is 137 Å². The number of hydrogen-bond donors (Lipinski definition) is 0. The van der Waals surface area contributed by atoms with Gasteiger partial charge in [0.15, 0.2) is 0 Å². The minimum atomic E-state index is -2.94. The van der Waals surface area contributed by atoms with Crippen molar-refractivity contribution in [1.29, 1.82) is 0 Å². The summed E-state index contributed by atoms with van der Waals surface area (Å²) in [6.07, 6.45) is 10.4. The first-order valence-corrected chi connectivity index (χ1v) is 23.0. The first-order chi connectivity index (χ1) is 19.1. The fourth-order valence-electron chi connectivity index (χ4n) is 5.93. The van der Waals surface area contributed by atoms with Crippen LogP contribution >= 0.6 is 0 Å². The zero-order chi connectivity index (χ0) is 29.6. The number of unbranched alkanes of at least 4 members (excludes halogenated alkanes) is 3. The summed E-state index contributed by atoms with van der Waals surface area (Å²) in [5.41, 5.74) is 1.10. The second kappa shape index (κ2) is 17.8. The number of esters is 1. The van der Waals surface area contributed by atoms with E-state index in [-0.39, 0.29) is 24.3 Å². The number of carbonyl (C=O) groups excluding carboxylic acids is 1. The molecule has 1 saturated heterocycles. The molecule has 0 saturated carbocycles. The fourth-order valence-corrected chi connectivity index (χ4v) is 22.7. The van der Waals surface area contributed by atoms with Crippen molar-refractivity contribution >= 4 is 24.3 Å². The molecule has 0 unspecified atom stereocenters. The number of rotatable bonds is 19. The number of carbonyl (C=O) groups is 1. The average Bonchev–Trinajstić information content (AvgIpc) is 3.21. The molecular formula is C33H56O6Sn. The number of hydrogen-bond acceptors (Lipinski definition) is 6. The monoisotopic (exact) mass is 668 g/mol. The third-order valence-corrected chi connectivity index (χ3v) is 24.3. The molecule has 0 bridgehead atoms. The SMILES string of the molecule is CCC[CH2][Sn]([CH2]CCC)([CH2]CCC)/[C](=C/C(=O)OC)C[C@@H](C[C@H]1OC(C)(C)O[C@@H]1C)OCc1ccc(OC)cc1. The van der Waals surface area contributed by atoms with Crippen LogP contribution in [0.4, 0.5) is 0 Å². The van der Waals surface area contributed by atoms with Gasteiger partial charge < -0.3 is 0 Å². The van der Waals surface area contributed by atoms with Gasteiger partial charge in [-0.2, -0.15) is 0 Å². The summed E-state index contributed by atoms with van der Waals surface area (Å²) in [5, 5.41) is 0. The molecule has 0 amide bonds. The summed E-state index contributed by atoms with van der Waals surface area (Å²) >= 11 is -2.94. The van der Waals surface area contributed by atoms with Crippen LogP contribution in [0.5, 0.6) is 5.75 Å². The van der Waals surface area contributed by atoms with Crippen LogP contribution in [0.15, 0.2) is 33.9 Å². The van der Waals surface area contributed by atoms with Crippen LogP contribution in [0.1, 0.15) is 98.5 Å². The maximum absolute atomic E-state index is 12.8. The summed E-state index contributed by atoms with van der Waals surface area (Å²) < 4.78 is 34.9. The van der Waals surface area contributed by atoms with Crippen LogP contribution in [-0.4, -0.2) is 62.7 Å². The van der Waals surface area contributed by atoms with Gasteiger partial charge in [-0.15, -0.1) is 0 Å². The van der Waals surface area contributed by atoms with Gasteiger partial charge >= 0.3 is 249 Å². The Kier molecular flexibility index (Phi) is 15.6. The van der Waals surface area contributed by atoms with Crippen LogP contribution in [0.25, 0.3) is 0 Å². The average molecular weight is 668 g/mol. The van der Waals surface area contributed by atoms with Gasteiger partial charge in [0.25, 0.3) is 0 Å². The molecule has 6 nitrogen and oxygen atoms in total. The van der Waals surface area contributed by atoms with Gasteiger partial charge in [0.1, 0.15) is 0 Å². The van der Waals surface area contributed by atoms with Gasteiger partial charge in [-0.3, -0.25) is 0 Å². The van der Waals surface area contributed by atoms with Crippen LogP contribution in [0, 0.1) is 0 Å². The summed E-state index contributed by atoms with van der Waals surface area (Å²) in [4.78, 5) is 12.8. The van der Waals surface area contributed by atoms with E-state index in [1.165, 1.54) is 62.5 Å². The van der Waals surface area contributed by atoms with E-state index in [1.54, 1.807) is 7.11 Å². The Morgan fingerprint density at radius 3 is 2.00 bits per heavy atom. The summed E-state index contributed by atoms with van der Waals surface area (Å²) in [6.45, 7) is 13.4. The Balaban J connectivity index is 2.44. The molecule has 0 aliphatic carbocycles. The Hall–Kier alpha value is -1.09. The van der Waals surface area contributed by atoms with E-state index in [2.05, 4.69) is 39.8 Å². The molecule has 0 radical (unpaired) electrons. The fraction of sp³-hybridized carbons (Fsp3) is 0.727. The second-order valence-electron chi connectivity index (χ2n) is 11.9. The maximum atomic E-state index is 12.8. The van der Waals surface area contributed by atoms with Gasteiger partial charge in [-0.25, -0.2) is 0 Å². The molecule has 1 aromatic carbocycles. The standard InChI is InChI=1S/C21H29O6.3C4H9.Sn/c1-15-19(27-21(2,3)26-15)13-18(7-6-8-20(22)24-5)25-14-16-9-11-17(23-4)12-10-16;3*1-3-4-2;/h8-12,15,18-19H,7,13-14H2,1-5H3;3*1,3-4H2,2H3;/t15-,18+,19-;;;;/m1..../s1. The molecule has 2 rings (SSSR count). The van der Waals surface area contributed by atoms with E-state index >= 15 is 0 Å². The molecule has 1 aromatic rings. The predicted octanol–water partition coefficient (Wildman–Crippen LogP) is 8.39. The van der Waals surface area contributed by atoms with Gasteiger partial charge in [0, 0.05) is 0 Å². The Morgan fingerprint density at radius 1 is 0.975 bits per heavy atom. The van der Waals surface area contributed by atoms with Crippen LogP contribution in [0.3, 0.4) is 0 Å². The van der Waals surface area contributed by atoms with Gasteiger partial charge in [-0.05, 0) is 0 Å². The van der Waals surface area contributed by atoms with E-state index in [1.807, 2.05) is 32.1 Å². The minimum absolute atomic E-state index is 0.0244. The molecule has 40 heavy (non-hydrogen) atoms. The Morgan fingerprint density at radius 2 is 1.55 bits per heavy atom. The van der Waals surface area contributed by atoms with Crippen LogP contribution in [-0.2, 0) is 30.3 Å². The second-order valence-corrected chi connectivity index (χ2v) is 25.3. The molecule has 1 fully saturated rings. The Labute approximate surface area is 248 Å². The summed E-state index contributed by atoms with van der Waals surface area (Å²) in [6, 6.07) is 8.04. The predicted molar refractivity (Wildman–Crippen MR) is 165 cm³/mol. The van der Waals surface area contributed by atoms with Gasteiger partial charge in [-0.1, -0.05) is 0 Å². The van der Waals surface area contributed by atoms with Crippen molar-refractivity contribution < 1.29 is 28.5 Å². The number of ether oxygens (including phenoxy) is 5. The van der Waals surface area contributed by atoms with Crippen molar-refractivity contribution in [3.8, 4) is 5.75 Å². The molecule has 3 atom stereocenters. The van der Waals surface area contributed by atoms with E-state index in [0.717, 1.165) is 24.2 Å². The normalized spacial score (nSPS) is 19.9. The molecule has 1 aliphatic heterocycles. The third kappa shape index (κ3) is 11.3. The zero-order valence-corrected chi connectivity index (χ0v) is 29.4. The molecule has 0 spiro atoms. The third-order valence-electron chi connectivity index (χ3n) is 8.22. The topological polar surface area (TPSA) is 63.2 Å². The zero-order valence-electron chi connectivity index (χ0n) is 26.6. The molecule has 0 N–H and O–H groups in total. The molecule has 1 heterocycles. The molecule has 7 heteroatoms. The van der Waals surface area contributed by atoms with E-state index in [9.17, 15) is 4.79 Å². The number of benzene rings is 1. The van der Waals surface area contributed by atoms with Gasteiger partial charge in [0.2, 0.25) is 0 Å². The van der Waals surface area contributed by atoms with Gasteiger partial charge in [0.05, 0.1) is 0 Å². The van der Waals surface area contributed by atoms with Crippen molar-refractivity contribution in [2.24, 2.45) is 0 Å².